The topological polar surface area (TPSA) is 89.3 Å². The van der Waals surface area contributed by atoms with E-state index in [1.807, 2.05) is 0 Å². The van der Waals surface area contributed by atoms with Crippen molar-refractivity contribution in [1.29, 1.82) is 0 Å². The lowest BCUT2D eigenvalue weighted by Gasteiger charge is -2.09. The zero-order valence-corrected chi connectivity index (χ0v) is 12.6. The number of nitro groups is 1. The lowest BCUT2D eigenvalue weighted by Crippen LogP contribution is -2.14. The maximum absolute atomic E-state index is 12.2. The molecule has 0 saturated heterocycles. The van der Waals surface area contributed by atoms with E-state index < -0.39 is 25.5 Å². The number of halogens is 2. The van der Waals surface area contributed by atoms with Gasteiger partial charge in [-0.15, -0.1) is 0 Å². The van der Waals surface area contributed by atoms with Crippen molar-refractivity contribution in [2.24, 2.45) is 0 Å². The molecule has 0 heterocycles. The Balaban J connectivity index is 2.43. The van der Waals surface area contributed by atoms with Crippen LogP contribution in [0, 0.1) is 10.1 Å². The van der Waals surface area contributed by atoms with Crippen LogP contribution in [0.1, 0.15) is 0 Å². The van der Waals surface area contributed by atoms with Gasteiger partial charge in [-0.2, -0.15) is 0 Å². The van der Waals surface area contributed by atoms with Crippen LogP contribution in [0.25, 0.3) is 0 Å². The fraction of sp³-hybridized carbons (Fsp3) is 0. The molecule has 110 valence electrons. The lowest BCUT2D eigenvalue weighted by atomic mass is 10.3. The number of nitro benzene ring substituents is 1. The quantitative estimate of drug-likeness (QED) is 0.674. The highest BCUT2D eigenvalue weighted by Crippen LogP contribution is 2.28. The van der Waals surface area contributed by atoms with Crippen LogP contribution in [0.15, 0.2) is 47.4 Å². The highest BCUT2D eigenvalue weighted by atomic mass is 35.5. The molecule has 0 aromatic heterocycles. The third-order valence-electron chi connectivity index (χ3n) is 2.52. The number of anilines is 1. The highest BCUT2D eigenvalue weighted by Gasteiger charge is 2.25. The number of benzene rings is 2. The van der Waals surface area contributed by atoms with Crippen molar-refractivity contribution in [3.05, 3.63) is 62.6 Å². The molecule has 2 aromatic carbocycles. The summed E-state index contributed by atoms with van der Waals surface area (Å²) in [5.41, 5.74) is -0.354. The van der Waals surface area contributed by atoms with Crippen LogP contribution in [0.5, 0.6) is 0 Å². The maximum atomic E-state index is 12.2. The standard InChI is InChI=1S/C12H8Cl2N2O4S/c13-9-6-5-8(7-10(9)14)15-21(19,20)12-4-2-1-3-11(12)16(17)18/h1-7,15H. The summed E-state index contributed by atoms with van der Waals surface area (Å²) < 4.78 is 26.7. The molecule has 0 radical (unpaired) electrons. The van der Waals surface area contributed by atoms with E-state index in [4.69, 9.17) is 23.2 Å². The molecular formula is C12H8Cl2N2O4S. The van der Waals surface area contributed by atoms with Crippen LogP contribution >= 0.6 is 23.2 Å². The van der Waals surface area contributed by atoms with Gasteiger partial charge in [0, 0.05) is 6.07 Å². The molecular weight excluding hydrogens is 339 g/mol. The number of sulfonamides is 1. The fourth-order valence-electron chi connectivity index (χ4n) is 1.60. The van der Waals surface area contributed by atoms with Gasteiger partial charge < -0.3 is 0 Å². The number of hydrogen-bond donors (Lipinski definition) is 1. The SMILES string of the molecule is O=[N+]([O-])c1ccccc1S(=O)(=O)Nc1ccc(Cl)c(Cl)c1. The van der Waals surface area contributed by atoms with E-state index in [1.54, 1.807) is 0 Å². The van der Waals surface area contributed by atoms with E-state index in [0.717, 1.165) is 12.1 Å². The summed E-state index contributed by atoms with van der Waals surface area (Å²) >= 11 is 11.5. The largest absolute Gasteiger partial charge is 0.289 e. The smallest absolute Gasteiger partial charge is 0.279 e. The van der Waals surface area contributed by atoms with Gasteiger partial charge in [0.1, 0.15) is 0 Å². The summed E-state index contributed by atoms with van der Waals surface area (Å²) in [6.45, 7) is 0. The van der Waals surface area contributed by atoms with Gasteiger partial charge in [-0.3, -0.25) is 14.8 Å². The van der Waals surface area contributed by atoms with Crippen molar-refractivity contribution in [3.8, 4) is 0 Å². The van der Waals surface area contributed by atoms with Crippen molar-refractivity contribution >= 4 is 44.6 Å². The fourth-order valence-corrected chi connectivity index (χ4v) is 3.13. The Hall–Kier alpha value is -1.83. The molecule has 0 aliphatic rings. The van der Waals surface area contributed by atoms with Crippen LogP contribution in [0.2, 0.25) is 10.0 Å². The summed E-state index contributed by atoms with van der Waals surface area (Å²) in [5, 5.41) is 11.3. The number of nitrogens with one attached hydrogen (secondary N) is 1. The van der Waals surface area contributed by atoms with Gasteiger partial charge in [0.05, 0.1) is 20.7 Å². The predicted molar refractivity (Wildman–Crippen MR) is 80.4 cm³/mol. The second-order valence-corrected chi connectivity index (χ2v) is 6.42. The first-order valence-corrected chi connectivity index (χ1v) is 7.76. The Kier molecular flexibility index (Phi) is 4.36. The predicted octanol–water partition coefficient (Wildman–Crippen LogP) is 3.70. The number of para-hydroxylation sites is 1. The third-order valence-corrected chi connectivity index (χ3v) is 4.69. The second kappa shape index (κ2) is 5.88. The molecule has 0 atom stereocenters. The number of hydrogen-bond acceptors (Lipinski definition) is 4. The van der Waals surface area contributed by atoms with Crippen molar-refractivity contribution in [1.82, 2.24) is 0 Å². The Labute approximate surface area is 130 Å². The first kappa shape index (κ1) is 15.6. The summed E-state index contributed by atoms with van der Waals surface area (Å²) in [5.74, 6) is 0. The van der Waals surface area contributed by atoms with Crippen LogP contribution < -0.4 is 4.72 Å². The van der Waals surface area contributed by atoms with E-state index in [0.29, 0.717) is 0 Å². The third kappa shape index (κ3) is 3.44. The molecule has 0 saturated carbocycles. The monoisotopic (exact) mass is 346 g/mol. The van der Waals surface area contributed by atoms with Crippen molar-refractivity contribution in [2.45, 2.75) is 4.90 Å². The summed E-state index contributed by atoms with van der Waals surface area (Å²) in [4.78, 5) is 9.70. The van der Waals surface area contributed by atoms with Gasteiger partial charge >= 0.3 is 0 Å². The van der Waals surface area contributed by atoms with Crippen molar-refractivity contribution in [2.75, 3.05) is 4.72 Å². The van der Waals surface area contributed by atoms with Gasteiger partial charge in [-0.1, -0.05) is 35.3 Å². The van der Waals surface area contributed by atoms with Crippen LogP contribution in [-0.4, -0.2) is 13.3 Å². The second-order valence-electron chi connectivity index (χ2n) is 3.96. The molecule has 0 fully saturated rings. The summed E-state index contributed by atoms with van der Waals surface area (Å²) in [7, 11) is -4.11. The Bertz CT molecular complexity index is 809. The molecule has 0 unspecified atom stereocenters. The zero-order valence-electron chi connectivity index (χ0n) is 10.3. The maximum Gasteiger partial charge on any atom is 0.289 e. The van der Waals surface area contributed by atoms with Gasteiger partial charge in [0.15, 0.2) is 4.90 Å². The average molecular weight is 347 g/mol. The minimum absolute atomic E-state index is 0.155. The molecule has 0 amide bonds. The molecule has 6 nitrogen and oxygen atoms in total. The summed E-state index contributed by atoms with van der Waals surface area (Å²) in [6, 6.07) is 9.19. The minimum atomic E-state index is -4.11. The Morgan fingerprint density at radius 3 is 2.33 bits per heavy atom. The van der Waals surface area contributed by atoms with Crippen LogP contribution in [0.3, 0.4) is 0 Å². The minimum Gasteiger partial charge on any atom is -0.279 e. The van der Waals surface area contributed by atoms with E-state index in [2.05, 4.69) is 4.72 Å². The first-order valence-electron chi connectivity index (χ1n) is 5.52. The Morgan fingerprint density at radius 2 is 1.71 bits per heavy atom. The highest BCUT2D eigenvalue weighted by molar-refractivity contribution is 7.92. The normalized spacial score (nSPS) is 11.1. The number of rotatable bonds is 4. The zero-order chi connectivity index (χ0) is 15.6. The average Bonchev–Trinajstić information content (AvgIpc) is 2.42. The number of nitrogens with zero attached hydrogens (tertiary/aromatic N) is 1. The molecule has 21 heavy (non-hydrogen) atoms. The lowest BCUT2D eigenvalue weighted by molar-refractivity contribution is -0.387. The van der Waals surface area contributed by atoms with Crippen molar-refractivity contribution < 1.29 is 13.3 Å². The van der Waals surface area contributed by atoms with E-state index in [-0.39, 0.29) is 15.7 Å². The molecule has 2 rings (SSSR count). The first-order chi connectivity index (χ1) is 9.81. The van der Waals surface area contributed by atoms with Gasteiger partial charge in [0.2, 0.25) is 0 Å². The van der Waals surface area contributed by atoms with E-state index >= 15 is 0 Å². The van der Waals surface area contributed by atoms with Crippen LogP contribution in [0.4, 0.5) is 11.4 Å². The van der Waals surface area contributed by atoms with Crippen LogP contribution in [-0.2, 0) is 10.0 Å². The molecule has 2 aromatic rings. The molecule has 0 aliphatic heterocycles. The molecule has 1 N–H and O–H groups in total. The molecule has 0 bridgehead atoms. The molecule has 9 heteroatoms. The van der Waals surface area contributed by atoms with Gasteiger partial charge in [-0.05, 0) is 24.3 Å². The summed E-state index contributed by atoms with van der Waals surface area (Å²) in [6.07, 6.45) is 0. The molecule has 0 aliphatic carbocycles. The van der Waals surface area contributed by atoms with Crippen molar-refractivity contribution in [3.63, 3.8) is 0 Å². The van der Waals surface area contributed by atoms with Gasteiger partial charge in [-0.25, -0.2) is 8.42 Å². The molecule has 0 spiro atoms. The van der Waals surface area contributed by atoms with E-state index in [9.17, 15) is 18.5 Å². The van der Waals surface area contributed by atoms with E-state index in [1.165, 1.54) is 30.3 Å². The van der Waals surface area contributed by atoms with Gasteiger partial charge in [0.25, 0.3) is 15.7 Å². The Morgan fingerprint density at radius 1 is 1.05 bits per heavy atom.